The van der Waals surface area contributed by atoms with Gasteiger partial charge >= 0.3 is 0 Å². The minimum absolute atomic E-state index is 0. The van der Waals surface area contributed by atoms with Crippen molar-refractivity contribution in [1.82, 2.24) is 9.88 Å². The molecule has 0 aromatic carbocycles. The smallest absolute Gasteiger partial charge is 0.191 e. The summed E-state index contributed by atoms with van der Waals surface area (Å²) in [5.41, 5.74) is 7.45. The molecule has 0 radical (unpaired) electrons. The molecule has 1 unspecified atom stereocenters. The molecule has 1 aromatic heterocycles. The number of likely N-dealkylation sites (tertiary alicyclic amines) is 1. The molecule has 22 heavy (non-hydrogen) atoms. The van der Waals surface area contributed by atoms with Crippen LogP contribution in [0.1, 0.15) is 51.0 Å². The fraction of sp³-hybridized carbons (Fsp3) is 0.647. The Labute approximate surface area is 151 Å². The average molecular weight is 416 g/mol. The van der Waals surface area contributed by atoms with Crippen molar-refractivity contribution in [2.45, 2.75) is 45.4 Å². The highest BCUT2D eigenvalue weighted by Crippen LogP contribution is 2.24. The second-order valence-electron chi connectivity index (χ2n) is 6.24. The van der Waals surface area contributed by atoms with Gasteiger partial charge in [-0.15, -0.1) is 24.0 Å². The first-order chi connectivity index (χ1) is 10.2. The molecule has 0 amide bonds. The lowest BCUT2D eigenvalue weighted by Gasteiger charge is -2.23. The van der Waals surface area contributed by atoms with Gasteiger partial charge in [0.05, 0.1) is 0 Å². The maximum atomic E-state index is 6.20. The molecule has 1 atom stereocenters. The largest absolute Gasteiger partial charge is 0.370 e. The summed E-state index contributed by atoms with van der Waals surface area (Å²) in [5, 5.41) is 0. The van der Waals surface area contributed by atoms with Crippen LogP contribution in [0.15, 0.2) is 29.5 Å². The van der Waals surface area contributed by atoms with Crippen molar-refractivity contribution in [3.8, 4) is 0 Å². The number of hydrogen-bond acceptors (Lipinski definition) is 2. The van der Waals surface area contributed by atoms with Crippen molar-refractivity contribution in [3.63, 3.8) is 0 Å². The number of halogens is 1. The summed E-state index contributed by atoms with van der Waals surface area (Å²) in [6.07, 6.45) is 8.85. The molecule has 0 saturated carbocycles. The van der Waals surface area contributed by atoms with E-state index in [4.69, 9.17) is 5.73 Å². The average Bonchev–Trinajstić information content (AvgIpc) is 2.77. The topological polar surface area (TPSA) is 54.5 Å². The maximum Gasteiger partial charge on any atom is 0.191 e. The van der Waals surface area contributed by atoms with Crippen molar-refractivity contribution in [2.75, 3.05) is 19.6 Å². The first-order valence-electron chi connectivity index (χ1n) is 8.13. The predicted molar refractivity (Wildman–Crippen MR) is 104 cm³/mol. The molecule has 2 heterocycles. The van der Waals surface area contributed by atoms with E-state index in [2.05, 4.69) is 34.8 Å². The Kier molecular flexibility index (Phi) is 8.75. The lowest BCUT2D eigenvalue weighted by molar-refractivity contribution is 0.424. The summed E-state index contributed by atoms with van der Waals surface area (Å²) >= 11 is 0. The molecule has 2 N–H and O–H groups in total. The van der Waals surface area contributed by atoms with Crippen molar-refractivity contribution < 1.29 is 0 Å². The van der Waals surface area contributed by atoms with Crippen LogP contribution in [0, 0.1) is 5.92 Å². The lowest BCUT2D eigenvalue weighted by atomic mass is 9.89. The molecule has 1 aliphatic heterocycles. The van der Waals surface area contributed by atoms with Gasteiger partial charge in [0.25, 0.3) is 0 Å². The van der Waals surface area contributed by atoms with Gasteiger partial charge in [-0.05, 0) is 30.4 Å². The van der Waals surface area contributed by atoms with Crippen LogP contribution in [0.4, 0.5) is 0 Å². The zero-order chi connectivity index (χ0) is 15.1. The van der Waals surface area contributed by atoms with E-state index in [0.717, 1.165) is 19.6 Å². The van der Waals surface area contributed by atoms with Gasteiger partial charge in [0, 0.05) is 37.9 Å². The molecular formula is C17H29IN4. The van der Waals surface area contributed by atoms with E-state index in [1.165, 1.54) is 31.2 Å². The highest BCUT2D eigenvalue weighted by molar-refractivity contribution is 14.0. The van der Waals surface area contributed by atoms with Gasteiger partial charge in [0.1, 0.15) is 0 Å². The Bertz CT molecular complexity index is 439. The van der Waals surface area contributed by atoms with Gasteiger partial charge in [0.15, 0.2) is 5.96 Å². The number of nitrogens with two attached hydrogens (primary N) is 1. The quantitative estimate of drug-likeness (QED) is 0.463. The third-order valence-corrected chi connectivity index (χ3v) is 4.30. The van der Waals surface area contributed by atoms with E-state index in [1.54, 1.807) is 0 Å². The van der Waals surface area contributed by atoms with Crippen LogP contribution >= 0.6 is 24.0 Å². The Morgan fingerprint density at radius 1 is 1.27 bits per heavy atom. The van der Waals surface area contributed by atoms with Crippen LogP contribution in [0.2, 0.25) is 0 Å². The highest BCUT2D eigenvalue weighted by atomic mass is 127. The standard InChI is InChI=1S/C17H28N4.HI/c1-14(2)16(15-8-7-9-19-12-15)13-20-17(18)21-10-5-3-4-6-11-21;/h7-9,12,14,16H,3-6,10-11,13H2,1-2H3,(H2,18,20);1H. The highest BCUT2D eigenvalue weighted by Gasteiger charge is 2.17. The third kappa shape index (κ3) is 5.74. The number of aromatic nitrogens is 1. The predicted octanol–water partition coefficient (Wildman–Crippen LogP) is 3.63. The van der Waals surface area contributed by atoms with Crippen LogP contribution in [-0.4, -0.2) is 35.5 Å². The van der Waals surface area contributed by atoms with E-state index < -0.39 is 0 Å². The van der Waals surface area contributed by atoms with Crippen LogP contribution < -0.4 is 5.73 Å². The summed E-state index contributed by atoms with van der Waals surface area (Å²) in [6.45, 7) is 7.31. The first-order valence-corrected chi connectivity index (χ1v) is 8.13. The van der Waals surface area contributed by atoms with E-state index in [0.29, 0.717) is 17.8 Å². The number of pyridine rings is 1. The van der Waals surface area contributed by atoms with Gasteiger partial charge in [-0.2, -0.15) is 0 Å². The number of aliphatic imine (C=N–C) groups is 1. The molecule has 1 fully saturated rings. The third-order valence-electron chi connectivity index (χ3n) is 4.30. The number of nitrogens with zero attached hydrogens (tertiary/aromatic N) is 3. The zero-order valence-corrected chi connectivity index (χ0v) is 16.1. The summed E-state index contributed by atoms with van der Waals surface area (Å²) in [7, 11) is 0. The molecule has 2 rings (SSSR count). The molecule has 4 nitrogen and oxygen atoms in total. The molecular weight excluding hydrogens is 387 g/mol. The SMILES string of the molecule is CC(C)C(CN=C(N)N1CCCCCC1)c1cccnc1.I. The van der Waals surface area contributed by atoms with E-state index >= 15 is 0 Å². The molecule has 1 saturated heterocycles. The molecule has 0 spiro atoms. The summed E-state index contributed by atoms with van der Waals surface area (Å²) in [4.78, 5) is 11.2. The van der Waals surface area contributed by atoms with Crippen LogP contribution in [-0.2, 0) is 0 Å². The Hall–Kier alpha value is -0.850. The van der Waals surface area contributed by atoms with Gasteiger partial charge in [-0.3, -0.25) is 9.98 Å². The number of rotatable bonds is 4. The van der Waals surface area contributed by atoms with Crippen molar-refractivity contribution in [2.24, 2.45) is 16.6 Å². The zero-order valence-electron chi connectivity index (χ0n) is 13.7. The molecule has 1 aromatic rings. The Balaban J connectivity index is 0.00000242. The summed E-state index contributed by atoms with van der Waals surface area (Å²) in [6, 6.07) is 4.13. The minimum atomic E-state index is 0. The first kappa shape index (κ1) is 19.2. The molecule has 124 valence electrons. The van der Waals surface area contributed by atoms with Crippen molar-refractivity contribution >= 4 is 29.9 Å². The van der Waals surface area contributed by atoms with E-state index in [-0.39, 0.29) is 24.0 Å². The Morgan fingerprint density at radius 2 is 1.95 bits per heavy atom. The number of guanidine groups is 1. The Morgan fingerprint density at radius 3 is 2.50 bits per heavy atom. The van der Waals surface area contributed by atoms with Crippen molar-refractivity contribution in [1.29, 1.82) is 0 Å². The fourth-order valence-electron chi connectivity index (χ4n) is 2.89. The molecule has 5 heteroatoms. The second-order valence-corrected chi connectivity index (χ2v) is 6.24. The number of hydrogen-bond donors (Lipinski definition) is 1. The van der Waals surface area contributed by atoms with E-state index in [1.807, 2.05) is 18.5 Å². The molecule has 0 bridgehead atoms. The summed E-state index contributed by atoms with van der Waals surface area (Å²) < 4.78 is 0. The van der Waals surface area contributed by atoms with Crippen LogP contribution in [0.5, 0.6) is 0 Å². The van der Waals surface area contributed by atoms with Crippen LogP contribution in [0.25, 0.3) is 0 Å². The lowest BCUT2D eigenvalue weighted by Crippen LogP contribution is -2.38. The van der Waals surface area contributed by atoms with Gasteiger partial charge < -0.3 is 10.6 Å². The molecule has 1 aliphatic rings. The minimum Gasteiger partial charge on any atom is -0.370 e. The van der Waals surface area contributed by atoms with Crippen LogP contribution in [0.3, 0.4) is 0 Å². The molecule has 0 aliphatic carbocycles. The van der Waals surface area contributed by atoms with Gasteiger partial charge in [-0.25, -0.2) is 0 Å². The van der Waals surface area contributed by atoms with Gasteiger partial charge in [-0.1, -0.05) is 32.8 Å². The second kappa shape index (κ2) is 10.0. The summed E-state index contributed by atoms with van der Waals surface area (Å²) in [5.74, 6) is 1.62. The fourth-order valence-corrected chi connectivity index (χ4v) is 2.89. The monoisotopic (exact) mass is 416 g/mol. The normalized spacial score (nSPS) is 17.8. The van der Waals surface area contributed by atoms with Crippen molar-refractivity contribution in [3.05, 3.63) is 30.1 Å². The van der Waals surface area contributed by atoms with Gasteiger partial charge in [0.2, 0.25) is 0 Å². The van der Waals surface area contributed by atoms with E-state index in [9.17, 15) is 0 Å². The maximum absolute atomic E-state index is 6.20.